The predicted molar refractivity (Wildman–Crippen MR) is 447 cm³/mol. The molecule has 0 unspecified atom stereocenters. The first kappa shape index (κ1) is 61.9. The first-order chi connectivity index (χ1) is 53.6. The van der Waals surface area contributed by atoms with Crippen LogP contribution in [0.1, 0.15) is 0 Å². The number of hydrogen-bond acceptors (Lipinski definition) is 5. The molecule has 0 saturated carbocycles. The minimum absolute atomic E-state index is 0.643. The minimum Gasteiger partial charge on any atom is -0.309 e. The highest BCUT2D eigenvalue weighted by atomic mass is 15.0. The fourth-order valence-electron chi connectivity index (χ4n) is 16.4. The Kier molecular flexibility index (Phi) is 14.7. The average molecular weight is 1380 g/mol. The summed E-state index contributed by atoms with van der Waals surface area (Å²) >= 11 is 0. The van der Waals surface area contributed by atoms with E-state index in [1.807, 2.05) is 84.9 Å². The van der Waals surface area contributed by atoms with Gasteiger partial charge in [-0.15, -0.1) is 0 Å². The van der Waals surface area contributed by atoms with Crippen molar-refractivity contribution >= 4 is 109 Å². The molecule has 16 aromatic carbocycles. The van der Waals surface area contributed by atoms with Crippen LogP contribution < -0.4 is 0 Å². The van der Waals surface area contributed by atoms with E-state index < -0.39 is 0 Å². The van der Waals surface area contributed by atoms with Crippen molar-refractivity contribution in [2.24, 2.45) is 0 Å². The van der Waals surface area contributed by atoms with E-state index in [2.05, 4.69) is 316 Å². The number of fused-ring (bicyclic) bond motifs is 16. The molecule has 0 radical (unpaired) electrons. The zero-order chi connectivity index (χ0) is 71.2. The van der Waals surface area contributed by atoms with Crippen LogP contribution in [0.25, 0.3) is 200 Å². The molecule has 22 rings (SSSR count). The SMILES string of the molecule is c1ccc(-c2cc(-c3ccc4ccc(-n5c6ccccc6c6c7c8ccccc8n(-c8ccccc8)c7ccc65)cc4c3)nc(-c3ccccc3)n2)cc1.c1ccc(-c2nc(-c3ccccc3)nc(-c3ccc4ccc(-n5c6ccccc6c6c7c8ccccc8n(-c8ccccc8)c7ccc65)cc4c3)n2)cc1. The molecular weight excluding hydrogens is 1320 g/mol. The molecule has 108 heavy (non-hydrogen) atoms. The molecule has 6 heterocycles. The molecule has 0 aliphatic carbocycles. The summed E-state index contributed by atoms with van der Waals surface area (Å²) in [4.78, 5) is 25.0. The van der Waals surface area contributed by atoms with Crippen LogP contribution in [-0.2, 0) is 0 Å². The van der Waals surface area contributed by atoms with Crippen LogP contribution in [0.3, 0.4) is 0 Å². The van der Waals surface area contributed by atoms with Gasteiger partial charge >= 0.3 is 0 Å². The Labute approximate surface area is 621 Å². The molecular formula is C99H63N9. The maximum absolute atomic E-state index is 5.12. The van der Waals surface area contributed by atoms with Gasteiger partial charge in [0, 0.05) is 99.2 Å². The monoisotopic (exact) mass is 1380 g/mol. The van der Waals surface area contributed by atoms with Gasteiger partial charge in [0.1, 0.15) is 0 Å². The predicted octanol–water partition coefficient (Wildman–Crippen LogP) is 25.0. The minimum atomic E-state index is 0.643. The van der Waals surface area contributed by atoms with Crippen LogP contribution in [-0.4, -0.2) is 43.2 Å². The fraction of sp³-hybridized carbons (Fsp3) is 0. The van der Waals surface area contributed by atoms with Gasteiger partial charge in [0.25, 0.3) is 0 Å². The summed E-state index contributed by atoms with van der Waals surface area (Å²) in [6.45, 7) is 0. The van der Waals surface area contributed by atoms with Crippen LogP contribution in [0.4, 0.5) is 0 Å². The van der Waals surface area contributed by atoms with E-state index in [0.717, 1.165) is 83.7 Å². The van der Waals surface area contributed by atoms with Crippen LogP contribution in [0, 0.1) is 0 Å². The number of hydrogen-bond donors (Lipinski definition) is 0. The lowest BCUT2D eigenvalue weighted by molar-refractivity contribution is 1.07. The first-order valence-corrected chi connectivity index (χ1v) is 36.5. The maximum Gasteiger partial charge on any atom is 0.164 e. The molecule has 0 amide bonds. The highest BCUT2D eigenvalue weighted by Gasteiger charge is 2.24. The number of aromatic nitrogens is 9. The molecule has 0 saturated heterocycles. The Hall–Kier alpha value is -14.7. The van der Waals surface area contributed by atoms with Crippen molar-refractivity contribution < 1.29 is 0 Å². The van der Waals surface area contributed by atoms with Gasteiger partial charge in [0.15, 0.2) is 23.3 Å². The summed E-state index contributed by atoms with van der Waals surface area (Å²) in [7, 11) is 0. The third-order valence-corrected chi connectivity index (χ3v) is 21.2. The largest absolute Gasteiger partial charge is 0.309 e. The molecule has 0 bridgehead atoms. The average Bonchev–Trinajstić information content (AvgIpc) is 1.55. The smallest absolute Gasteiger partial charge is 0.164 e. The lowest BCUT2D eigenvalue weighted by Crippen LogP contribution is -2.00. The lowest BCUT2D eigenvalue weighted by Gasteiger charge is -2.12. The van der Waals surface area contributed by atoms with Crippen molar-refractivity contribution in [3.05, 3.63) is 382 Å². The number of benzene rings is 16. The van der Waals surface area contributed by atoms with E-state index in [1.165, 1.54) is 92.6 Å². The third kappa shape index (κ3) is 10.4. The van der Waals surface area contributed by atoms with E-state index in [9.17, 15) is 0 Å². The topological polar surface area (TPSA) is 84.2 Å². The Morgan fingerprint density at radius 3 is 0.815 bits per heavy atom. The first-order valence-electron chi connectivity index (χ1n) is 36.5. The van der Waals surface area contributed by atoms with Gasteiger partial charge in [0.2, 0.25) is 0 Å². The number of rotatable bonds is 10. The normalized spacial score (nSPS) is 11.7. The van der Waals surface area contributed by atoms with E-state index in [1.54, 1.807) is 0 Å². The van der Waals surface area contributed by atoms with Crippen molar-refractivity contribution in [1.29, 1.82) is 0 Å². The molecule has 9 heteroatoms. The van der Waals surface area contributed by atoms with Crippen LogP contribution in [0.5, 0.6) is 0 Å². The van der Waals surface area contributed by atoms with Crippen molar-refractivity contribution in [2.75, 3.05) is 0 Å². The highest BCUT2D eigenvalue weighted by molar-refractivity contribution is 6.30. The molecule has 0 spiro atoms. The number of nitrogens with zero attached hydrogens (tertiary/aromatic N) is 9. The summed E-state index contributed by atoms with van der Waals surface area (Å²) in [5, 5.41) is 14.6. The van der Waals surface area contributed by atoms with Gasteiger partial charge in [-0.25, -0.2) is 24.9 Å². The summed E-state index contributed by atoms with van der Waals surface area (Å²) < 4.78 is 9.63. The molecule has 0 fully saturated rings. The van der Waals surface area contributed by atoms with Gasteiger partial charge < -0.3 is 18.3 Å². The van der Waals surface area contributed by atoms with E-state index >= 15 is 0 Å². The number of para-hydroxylation sites is 6. The van der Waals surface area contributed by atoms with Crippen LogP contribution >= 0.6 is 0 Å². The molecule has 504 valence electrons. The molecule has 9 nitrogen and oxygen atoms in total. The van der Waals surface area contributed by atoms with E-state index in [-0.39, 0.29) is 0 Å². The summed E-state index contributed by atoms with van der Waals surface area (Å²) in [5.74, 6) is 2.66. The lowest BCUT2D eigenvalue weighted by atomic mass is 10.0. The van der Waals surface area contributed by atoms with Gasteiger partial charge in [-0.1, -0.05) is 267 Å². The second kappa shape index (κ2) is 25.6. The zero-order valence-electron chi connectivity index (χ0n) is 58.4. The Bertz CT molecular complexity index is 6720. The molecule has 22 aromatic rings. The Balaban J connectivity index is 0.000000138. The molecule has 6 aromatic heterocycles. The van der Waals surface area contributed by atoms with Gasteiger partial charge in [-0.05, 0) is 137 Å². The second-order valence-electron chi connectivity index (χ2n) is 27.5. The van der Waals surface area contributed by atoms with Crippen molar-refractivity contribution in [1.82, 2.24) is 43.2 Å². The highest BCUT2D eigenvalue weighted by Crippen LogP contribution is 2.46. The quantitative estimate of drug-likeness (QED) is 0.136. The Morgan fingerprint density at radius 1 is 0.157 bits per heavy atom. The molecule has 0 aliphatic heterocycles. The third-order valence-electron chi connectivity index (χ3n) is 21.2. The van der Waals surface area contributed by atoms with Gasteiger partial charge in [-0.2, -0.15) is 0 Å². The zero-order valence-corrected chi connectivity index (χ0v) is 58.4. The van der Waals surface area contributed by atoms with Crippen LogP contribution in [0.15, 0.2) is 382 Å². The van der Waals surface area contributed by atoms with E-state index in [4.69, 9.17) is 24.9 Å². The molecule has 0 aliphatic rings. The molecule has 0 atom stereocenters. The van der Waals surface area contributed by atoms with Crippen molar-refractivity contribution in [3.8, 4) is 90.8 Å². The van der Waals surface area contributed by atoms with Gasteiger partial charge in [-0.3, -0.25) is 0 Å². The van der Waals surface area contributed by atoms with E-state index in [0.29, 0.717) is 23.3 Å². The summed E-state index contributed by atoms with van der Waals surface area (Å²) in [6.07, 6.45) is 0. The summed E-state index contributed by atoms with van der Waals surface area (Å²) in [5.41, 5.74) is 21.8. The van der Waals surface area contributed by atoms with Crippen molar-refractivity contribution in [2.45, 2.75) is 0 Å². The standard InChI is InChI=1S/C50H32N4.C49H31N5/c1-4-14-34(15-5-1)42-32-43(52-50(51-42)35-16-6-2-7-17-35)36-25-24-33-26-27-39(31-37(33)30-36)54-45-23-13-11-21-41(45)49-47(54)29-28-46-48(49)40-20-10-12-22-44(40)53(46)38-18-8-3-9-19-38;1-4-14-33(15-5-1)47-50-48(34-16-6-2-7-17-34)52-49(51-47)35-25-24-32-26-27-38(31-36(32)30-35)54-42-23-13-11-21-40(42)46-44(54)29-28-43-45(46)39-20-10-12-22-41(39)53(43)37-18-8-3-9-19-37/h1-32H;1-31H. The van der Waals surface area contributed by atoms with Crippen LogP contribution in [0.2, 0.25) is 0 Å². The fourth-order valence-corrected chi connectivity index (χ4v) is 16.4. The van der Waals surface area contributed by atoms with Gasteiger partial charge in [0.05, 0.1) is 55.5 Å². The summed E-state index contributed by atoms with van der Waals surface area (Å²) in [6, 6.07) is 135. The second-order valence-corrected chi connectivity index (χ2v) is 27.5. The maximum atomic E-state index is 5.12. The molecule has 0 N–H and O–H groups in total. The Morgan fingerprint density at radius 2 is 0.435 bits per heavy atom. The van der Waals surface area contributed by atoms with Crippen molar-refractivity contribution in [3.63, 3.8) is 0 Å².